The predicted molar refractivity (Wildman–Crippen MR) is 106 cm³/mol. The molecule has 2 aliphatic heterocycles. The van der Waals surface area contributed by atoms with Crippen LogP contribution in [0.2, 0.25) is 0 Å². The highest BCUT2D eigenvalue weighted by Crippen LogP contribution is 2.24. The number of anilines is 1. The zero-order valence-electron chi connectivity index (χ0n) is 15.0. The normalized spacial score (nSPS) is 27.1. The van der Waals surface area contributed by atoms with Crippen LogP contribution in [-0.2, 0) is 6.54 Å². The van der Waals surface area contributed by atoms with Crippen LogP contribution < -0.4 is 20.3 Å². The van der Waals surface area contributed by atoms with Crippen LogP contribution in [0.4, 0.5) is 5.69 Å². The number of methoxy groups -OCH3 is 1. The van der Waals surface area contributed by atoms with Crippen LogP contribution in [0, 0.1) is 0 Å². The molecule has 138 valence electrons. The summed E-state index contributed by atoms with van der Waals surface area (Å²) in [6.45, 7) is 1.00. The Morgan fingerprint density at radius 1 is 1.19 bits per heavy atom. The average Bonchev–Trinajstić information content (AvgIpc) is 3.22. The van der Waals surface area contributed by atoms with Crippen molar-refractivity contribution in [1.82, 2.24) is 5.32 Å². The number of benzene rings is 1. The van der Waals surface area contributed by atoms with Crippen molar-refractivity contribution < 1.29 is 14.1 Å². The Morgan fingerprint density at radius 3 is 2.54 bits per heavy atom. The maximum absolute atomic E-state index is 5.56. The fourth-order valence-corrected chi connectivity index (χ4v) is 4.76. The van der Waals surface area contributed by atoms with E-state index in [1.54, 1.807) is 18.3 Å². The minimum Gasteiger partial charge on any atom is -0.497 e. The van der Waals surface area contributed by atoms with E-state index in [2.05, 4.69) is 16.7 Å². The van der Waals surface area contributed by atoms with E-state index in [1.165, 1.54) is 12.8 Å². The standard InChI is InChI=1S/C20H25N3O2S/c1-24-18-8-4-14(5-9-18)21-20(26)22-15-11-16-6-7-17(12-15)23(16)13-19-3-2-10-25-19/h2-5,8-10,15-17H,6-7,11-13H2,1H3,(H2,21,22,26)/p+1/t15?,16-,17+. The predicted octanol–water partition coefficient (Wildman–Crippen LogP) is 2.35. The van der Waals surface area contributed by atoms with Gasteiger partial charge >= 0.3 is 0 Å². The van der Waals surface area contributed by atoms with Crippen molar-refractivity contribution in [2.45, 2.75) is 50.4 Å². The molecule has 4 rings (SSSR count). The number of quaternary nitrogens is 1. The summed E-state index contributed by atoms with van der Waals surface area (Å²) in [4.78, 5) is 1.69. The number of piperidine rings is 1. The van der Waals surface area contributed by atoms with E-state index in [-0.39, 0.29) is 0 Å². The van der Waals surface area contributed by atoms with Crippen LogP contribution in [0.5, 0.6) is 5.75 Å². The van der Waals surface area contributed by atoms with E-state index >= 15 is 0 Å². The van der Waals surface area contributed by atoms with Gasteiger partial charge in [-0.3, -0.25) is 0 Å². The Labute approximate surface area is 159 Å². The van der Waals surface area contributed by atoms with Crippen LogP contribution >= 0.6 is 12.2 Å². The molecule has 5 nitrogen and oxygen atoms in total. The highest BCUT2D eigenvalue weighted by molar-refractivity contribution is 7.80. The summed E-state index contributed by atoms with van der Waals surface area (Å²) < 4.78 is 10.7. The van der Waals surface area contributed by atoms with Crippen molar-refractivity contribution in [3.05, 3.63) is 48.4 Å². The largest absolute Gasteiger partial charge is 0.497 e. The number of fused-ring (bicyclic) bond motifs is 2. The van der Waals surface area contributed by atoms with Crippen LogP contribution in [0.15, 0.2) is 47.1 Å². The first-order valence-corrected chi connectivity index (χ1v) is 9.71. The number of nitrogens with one attached hydrogen (secondary N) is 3. The molecule has 1 aromatic carbocycles. The van der Waals surface area contributed by atoms with E-state index in [4.69, 9.17) is 21.4 Å². The number of ether oxygens (including phenoxy) is 1. The lowest BCUT2D eigenvalue weighted by atomic mass is 9.97. The number of thiocarbonyl (C=S) groups is 1. The van der Waals surface area contributed by atoms with Gasteiger partial charge in [-0.2, -0.15) is 0 Å². The number of hydrogen-bond donors (Lipinski definition) is 3. The highest BCUT2D eigenvalue weighted by Gasteiger charge is 2.44. The van der Waals surface area contributed by atoms with E-state index in [9.17, 15) is 0 Å². The first-order chi connectivity index (χ1) is 12.7. The summed E-state index contributed by atoms with van der Waals surface area (Å²) in [5.74, 6) is 1.94. The molecule has 0 spiro atoms. The van der Waals surface area contributed by atoms with Crippen molar-refractivity contribution in [1.29, 1.82) is 0 Å². The smallest absolute Gasteiger partial charge is 0.171 e. The van der Waals surface area contributed by atoms with Gasteiger partial charge in [0.2, 0.25) is 0 Å². The SMILES string of the molecule is COc1ccc(NC(=S)NC2C[C@H]3CC[C@@H](C2)[NH+]3Cc2ccco2)cc1. The molecular weight excluding hydrogens is 346 g/mol. The molecule has 2 unspecified atom stereocenters. The maximum atomic E-state index is 5.56. The topological polar surface area (TPSA) is 50.9 Å². The van der Waals surface area contributed by atoms with Gasteiger partial charge in [-0.25, -0.2) is 0 Å². The second kappa shape index (κ2) is 7.68. The van der Waals surface area contributed by atoms with Crippen LogP contribution in [0.3, 0.4) is 0 Å². The molecule has 3 N–H and O–H groups in total. The zero-order chi connectivity index (χ0) is 17.9. The molecule has 2 aromatic rings. The Bertz CT molecular complexity index is 718. The molecular formula is C20H26N3O2S+. The van der Waals surface area contributed by atoms with E-state index in [0.717, 1.165) is 36.6 Å². The van der Waals surface area contributed by atoms with Gasteiger partial charge in [0.15, 0.2) is 10.9 Å². The summed E-state index contributed by atoms with van der Waals surface area (Å²) in [6.07, 6.45) is 6.71. The molecule has 0 radical (unpaired) electrons. The van der Waals surface area contributed by atoms with Gasteiger partial charge in [0.25, 0.3) is 0 Å². The summed E-state index contributed by atoms with van der Waals surface area (Å²) in [6, 6.07) is 13.7. The lowest BCUT2D eigenvalue weighted by molar-refractivity contribution is -0.955. The number of hydrogen-bond acceptors (Lipinski definition) is 3. The molecule has 0 saturated carbocycles. The van der Waals surface area contributed by atoms with Gasteiger partial charge < -0.3 is 24.7 Å². The van der Waals surface area contributed by atoms with Crippen LogP contribution in [0.1, 0.15) is 31.4 Å². The minimum absolute atomic E-state index is 0.450. The third kappa shape index (κ3) is 3.86. The molecule has 6 heteroatoms. The number of furan rings is 1. The average molecular weight is 373 g/mol. The van der Waals surface area contributed by atoms with E-state index in [1.807, 2.05) is 30.3 Å². The first-order valence-electron chi connectivity index (χ1n) is 9.31. The van der Waals surface area contributed by atoms with Crippen molar-refractivity contribution >= 4 is 23.0 Å². The molecule has 0 amide bonds. The Hall–Kier alpha value is -2.05. The third-order valence-corrected chi connectivity index (χ3v) is 5.91. The Morgan fingerprint density at radius 2 is 1.92 bits per heavy atom. The summed E-state index contributed by atoms with van der Waals surface area (Å²) in [7, 11) is 1.67. The van der Waals surface area contributed by atoms with Crippen LogP contribution in [-0.4, -0.2) is 30.3 Å². The van der Waals surface area contributed by atoms with Crippen molar-refractivity contribution in [3.63, 3.8) is 0 Å². The fourth-order valence-electron chi connectivity index (χ4n) is 4.48. The van der Waals surface area contributed by atoms with Gasteiger partial charge in [-0.1, -0.05) is 0 Å². The molecule has 1 aromatic heterocycles. The monoisotopic (exact) mass is 372 g/mol. The van der Waals surface area contributed by atoms with Crippen molar-refractivity contribution in [3.8, 4) is 5.75 Å². The molecule has 2 aliphatic rings. The summed E-state index contributed by atoms with van der Waals surface area (Å²) in [5.41, 5.74) is 0.979. The summed E-state index contributed by atoms with van der Waals surface area (Å²) >= 11 is 5.52. The zero-order valence-corrected chi connectivity index (χ0v) is 15.9. The third-order valence-electron chi connectivity index (χ3n) is 5.69. The highest BCUT2D eigenvalue weighted by atomic mass is 32.1. The van der Waals surface area contributed by atoms with E-state index < -0.39 is 0 Å². The van der Waals surface area contributed by atoms with E-state index in [0.29, 0.717) is 23.2 Å². The molecule has 4 atom stereocenters. The van der Waals surface area contributed by atoms with Gasteiger partial charge in [-0.15, -0.1) is 0 Å². The maximum Gasteiger partial charge on any atom is 0.171 e. The first kappa shape index (κ1) is 17.4. The van der Waals surface area contributed by atoms with Gasteiger partial charge in [0, 0.05) is 37.4 Å². The second-order valence-electron chi connectivity index (χ2n) is 7.30. The molecule has 3 heterocycles. The van der Waals surface area contributed by atoms with Crippen molar-refractivity contribution in [2.75, 3.05) is 12.4 Å². The lowest BCUT2D eigenvalue weighted by Crippen LogP contribution is -3.17. The minimum atomic E-state index is 0.450. The summed E-state index contributed by atoms with van der Waals surface area (Å²) in [5, 5.41) is 7.51. The molecule has 2 fully saturated rings. The lowest BCUT2D eigenvalue weighted by Gasteiger charge is -2.36. The van der Waals surface area contributed by atoms with Crippen LogP contribution in [0.25, 0.3) is 0 Å². The molecule has 26 heavy (non-hydrogen) atoms. The van der Waals surface area contributed by atoms with Gasteiger partial charge in [0.1, 0.15) is 12.3 Å². The fraction of sp³-hybridized carbons (Fsp3) is 0.450. The number of rotatable bonds is 5. The molecule has 2 saturated heterocycles. The molecule has 0 aliphatic carbocycles. The quantitative estimate of drug-likeness (QED) is 0.704. The van der Waals surface area contributed by atoms with Crippen molar-refractivity contribution in [2.24, 2.45) is 0 Å². The van der Waals surface area contributed by atoms with Gasteiger partial charge in [-0.05, 0) is 48.6 Å². The second-order valence-corrected chi connectivity index (χ2v) is 7.71. The van der Waals surface area contributed by atoms with Gasteiger partial charge in [0.05, 0.1) is 25.5 Å². The Kier molecular flexibility index (Phi) is 5.13. The molecule has 2 bridgehead atoms. The Balaban J connectivity index is 1.30.